The summed E-state index contributed by atoms with van der Waals surface area (Å²) < 4.78 is 12.4. The number of esters is 1. The van der Waals surface area contributed by atoms with Crippen LogP contribution in [0.4, 0.5) is 21.9 Å². The van der Waals surface area contributed by atoms with Crippen molar-refractivity contribution < 1.29 is 19.1 Å². The van der Waals surface area contributed by atoms with E-state index in [-0.39, 0.29) is 23.8 Å². The number of hydrogen-bond donors (Lipinski definition) is 3. The number of amides is 2. The molecule has 40 heavy (non-hydrogen) atoms. The molecular formula is C30H33N5O5. The molecule has 2 aromatic carbocycles. The minimum atomic E-state index is -0.564. The number of carbonyl (C=O) groups excluding carboxylic acids is 2. The molecule has 4 N–H and O–H groups in total. The average Bonchev–Trinajstić information content (AvgIpc) is 2.94. The smallest absolute Gasteiger partial charge is 0.323 e. The summed E-state index contributed by atoms with van der Waals surface area (Å²) in [7, 11) is 0. The molecule has 4 rings (SSSR count). The number of hydrogen-bond acceptors (Lipinski definition) is 7. The summed E-state index contributed by atoms with van der Waals surface area (Å²) >= 11 is 0. The van der Waals surface area contributed by atoms with Gasteiger partial charge in [-0.3, -0.25) is 14.2 Å². The molecule has 0 radical (unpaired) electrons. The van der Waals surface area contributed by atoms with E-state index in [4.69, 9.17) is 15.2 Å². The molecule has 0 spiro atoms. The van der Waals surface area contributed by atoms with Crippen LogP contribution in [0.1, 0.15) is 33.1 Å². The van der Waals surface area contributed by atoms with Gasteiger partial charge in [0.2, 0.25) is 0 Å². The van der Waals surface area contributed by atoms with Crippen molar-refractivity contribution in [3.8, 4) is 16.9 Å². The van der Waals surface area contributed by atoms with Crippen molar-refractivity contribution in [1.82, 2.24) is 9.55 Å². The third kappa shape index (κ3) is 6.96. The number of unbranched alkanes of at least 4 members (excludes halogenated alkanes) is 1. The number of nitrogen functional groups attached to an aromatic ring is 1. The molecule has 2 amide bonds. The maximum absolute atomic E-state index is 13.9. The number of nitrogens with one attached hydrogen (secondary N) is 2. The monoisotopic (exact) mass is 543 g/mol. The predicted molar refractivity (Wildman–Crippen MR) is 157 cm³/mol. The Morgan fingerprint density at radius 3 is 2.55 bits per heavy atom. The Hall–Kier alpha value is -4.86. The first kappa shape index (κ1) is 28.2. The third-order valence-electron chi connectivity index (χ3n) is 6.15. The molecule has 0 fully saturated rings. The molecule has 0 aliphatic carbocycles. The molecule has 0 saturated carbocycles. The second kappa shape index (κ2) is 13.3. The fourth-order valence-corrected chi connectivity index (χ4v) is 4.27. The zero-order valence-electron chi connectivity index (χ0n) is 22.6. The van der Waals surface area contributed by atoms with Gasteiger partial charge in [0.25, 0.3) is 5.56 Å². The Balaban J connectivity index is 1.74. The summed E-state index contributed by atoms with van der Waals surface area (Å²) in [5.74, 6) is 0.237. The number of aromatic nitrogens is 2. The van der Waals surface area contributed by atoms with E-state index in [9.17, 15) is 14.4 Å². The Labute approximate surface area is 232 Å². The van der Waals surface area contributed by atoms with E-state index in [1.165, 1.54) is 6.92 Å². The van der Waals surface area contributed by atoms with Crippen LogP contribution in [-0.4, -0.2) is 34.8 Å². The van der Waals surface area contributed by atoms with Crippen LogP contribution in [0.2, 0.25) is 0 Å². The lowest BCUT2D eigenvalue weighted by atomic mass is 10.00. The second-order valence-electron chi connectivity index (χ2n) is 9.21. The maximum atomic E-state index is 13.9. The molecule has 0 aliphatic rings. The van der Waals surface area contributed by atoms with Gasteiger partial charge in [-0.1, -0.05) is 25.5 Å². The molecule has 0 bridgehead atoms. The number of nitrogens with zero attached hydrogens (tertiary/aromatic N) is 2. The van der Waals surface area contributed by atoms with Crippen molar-refractivity contribution in [2.75, 3.05) is 29.6 Å². The van der Waals surface area contributed by atoms with Crippen molar-refractivity contribution in [2.45, 2.75) is 39.7 Å². The number of ether oxygens (including phenoxy) is 2. The lowest BCUT2D eigenvalue weighted by Gasteiger charge is -2.19. The molecule has 208 valence electrons. The Morgan fingerprint density at radius 2 is 1.80 bits per heavy atom. The summed E-state index contributed by atoms with van der Waals surface area (Å²) in [6.07, 6.45) is 3.85. The van der Waals surface area contributed by atoms with Crippen LogP contribution in [0.3, 0.4) is 0 Å². The van der Waals surface area contributed by atoms with Gasteiger partial charge in [-0.05, 0) is 60.5 Å². The van der Waals surface area contributed by atoms with E-state index < -0.39 is 6.03 Å². The topological polar surface area (TPSA) is 138 Å². The summed E-state index contributed by atoms with van der Waals surface area (Å²) in [6.45, 7) is 4.47. The molecule has 2 aromatic heterocycles. The number of carbonyl (C=O) groups is 2. The minimum Gasteiger partial charge on any atom is -0.493 e. The van der Waals surface area contributed by atoms with E-state index in [0.29, 0.717) is 58.9 Å². The van der Waals surface area contributed by atoms with Gasteiger partial charge in [0.15, 0.2) is 0 Å². The second-order valence-corrected chi connectivity index (χ2v) is 9.21. The first-order chi connectivity index (χ1) is 19.4. The number of aryl methyl sites for hydroxylation is 1. The number of rotatable bonds is 11. The van der Waals surface area contributed by atoms with Crippen molar-refractivity contribution >= 4 is 40.1 Å². The predicted octanol–water partition coefficient (Wildman–Crippen LogP) is 5.42. The molecule has 10 nitrogen and oxygen atoms in total. The Kier molecular flexibility index (Phi) is 9.35. The maximum Gasteiger partial charge on any atom is 0.323 e. The quantitative estimate of drug-likeness (QED) is 0.130. The van der Waals surface area contributed by atoms with Crippen LogP contribution in [0.5, 0.6) is 5.75 Å². The van der Waals surface area contributed by atoms with Gasteiger partial charge in [-0.25, -0.2) is 9.78 Å². The van der Waals surface area contributed by atoms with Gasteiger partial charge in [0, 0.05) is 48.4 Å². The van der Waals surface area contributed by atoms with Crippen LogP contribution >= 0.6 is 0 Å². The molecule has 0 unspecified atom stereocenters. The highest BCUT2D eigenvalue weighted by atomic mass is 16.5. The zero-order valence-corrected chi connectivity index (χ0v) is 22.6. The first-order valence-electron chi connectivity index (χ1n) is 13.2. The van der Waals surface area contributed by atoms with Gasteiger partial charge in [0.05, 0.1) is 13.2 Å². The lowest BCUT2D eigenvalue weighted by Crippen LogP contribution is -2.30. The largest absolute Gasteiger partial charge is 0.493 e. The van der Waals surface area contributed by atoms with Gasteiger partial charge in [-0.2, -0.15) is 0 Å². The van der Waals surface area contributed by atoms with Crippen molar-refractivity contribution in [3.05, 3.63) is 77.2 Å². The van der Waals surface area contributed by atoms with E-state index in [1.807, 2.05) is 31.2 Å². The van der Waals surface area contributed by atoms with Gasteiger partial charge in [0.1, 0.15) is 17.1 Å². The van der Waals surface area contributed by atoms with Crippen molar-refractivity contribution in [1.29, 1.82) is 0 Å². The molecule has 10 heteroatoms. The van der Waals surface area contributed by atoms with Gasteiger partial charge in [-0.15, -0.1) is 0 Å². The van der Waals surface area contributed by atoms with Crippen LogP contribution in [0.15, 0.2) is 71.7 Å². The lowest BCUT2D eigenvalue weighted by molar-refractivity contribution is -0.141. The fourth-order valence-electron chi connectivity index (χ4n) is 4.27. The van der Waals surface area contributed by atoms with Crippen LogP contribution < -0.4 is 26.7 Å². The molecular weight excluding hydrogens is 510 g/mol. The molecule has 0 aliphatic heterocycles. The van der Waals surface area contributed by atoms with E-state index >= 15 is 0 Å². The number of nitrogens with two attached hydrogens (primary N) is 1. The number of benzene rings is 2. The zero-order chi connectivity index (χ0) is 28.5. The molecule has 2 heterocycles. The number of pyridine rings is 2. The van der Waals surface area contributed by atoms with E-state index in [1.54, 1.807) is 47.2 Å². The van der Waals surface area contributed by atoms with Crippen molar-refractivity contribution in [2.24, 2.45) is 0 Å². The molecule has 0 saturated heterocycles. The molecule has 4 aromatic rings. The summed E-state index contributed by atoms with van der Waals surface area (Å²) in [5.41, 5.74) is 8.40. The minimum absolute atomic E-state index is 0.136. The number of anilines is 3. The number of fused-ring (bicyclic) bond motifs is 1. The highest BCUT2D eigenvalue weighted by Crippen LogP contribution is 2.35. The Morgan fingerprint density at radius 1 is 1.00 bits per heavy atom. The summed E-state index contributed by atoms with van der Waals surface area (Å²) in [5, 5.41) is 6.29. The van der Waals surface area contributed by atoms with Gasteiger partial charge >= 0.3 is 12.0 Å². The highest BCUT2D eigenvalue weighted by molar-refractivity contribution is 6.07. The van der Waals surface area contributed by atoms with Gasteiger partial charge < -0.3 is 25.8 Å². The third-order valence-corrected chi connectivity index (χ3v) is 6.15. The average molecular weight is 544 g/mol. The van der Waals surface area contributed by atoms with E-state index in [2.05, 4.69) is 15.6 Å². The highest BCUT2D eigenvalue weighted by Gasteiger charge is 2.21. The standard InChI is InChI=1S/C30H33N5O5/c1-3-4-16-35-28-25(10-6-15-32-28)26(21-8-5-9-24(19-21)40-18-7-17-39-20(2)36)27(29(35)37)34-30(38)33-23-13-11-22(31)12-14-23/h5-6,8-15,19H,3-4,7,16-18,31H2,1-2H3,(H2,33,34,38). The fraction of sp³-hybridized carbons (Fsp3) is 0.267. The SMILES string of the molecule is CCCCn1c(=O)c(NC(=O)Nc2ccc(N)cc2)c(-c2cccc(OCCCOC(C)=O)c2)c2cccnc21. The molecule has 0 atom stereocenters. The number of urea groups is 1. The van der Waals surface area contributed by atoms with Crippen LogP contribution in [0, 0.1) is 0 Å². The van der Waals surface area contributed by atoms with Crippen molar-refractivity contribution in [3.63, 3.8) is 0 Å². The normalized spacial score (nSPS) is 10.8. The Bertz CT molecular complexity index is 1550. The summed E-state index contributed by atoms with van der Waals surface area (Å²) in [4.78, 5) is 42.5. The van der Waals surface area contributed by atoms with E-state index in [0.717, 1.165) is 12.8 Å². The first-order valence-corrected chi connectivity index (χ1v) is 13.2. The summed E-state index contributed by atoms with van der Waals surface area (Å²) in [6, 6.07) is 17.1. The van der Waals surface area contributed by atoms with Crippen LogP contribution in [-0.2, 0) is 16.1 Å². The van der Waals surface area contributed by atoms with Crippen LogP contribution in [0.25, 0.3) is 22.2 Å².